The molecule has 3 rings (SSSR count). The van der Waals surface area contributed by atoms with E-state index < -0.39 is 0 Å². The third-order valence-corrected chi connectivity index (χ3v) is 5.42. The first-order valence-corrected chi connectivity index (χ1v) is 8.32. The molecular weight excluding hydrogens is 244 g/mol. The van der Waals surface area contributed by atoms with Crippen molar-refractivity contribution in [1.29, 1.82) is 0 Å². The summed E-state index contributed by atoms with van der Waals surface area (Å²) in [5, 5.41) is 0. The molecule has 2 unspecified atom stereocenters. The number of piperidine rings is 1. The van der Waals surface area contributed by atoms with Gasteiger partial charge in [-0.1, -0.05) is 31.2 Å². The van der Waals surface area contributed by atoms with E-state index in [-0.39, 0.29) is 0 Å². The summed E-state index contributed by atoms with van der Waals surface area (Å²) in [6.07, 6.45) is 6.56. The van der Waals surface area contributed by atoms with Gasteiger partial charge in [0.05, 0.1) is 0 Å². The first-order valence-electron chi connectivity index (χ1n) is 8.32. The second-order valence-electron chi connectivity index (χ2n) is 6.68. The van der Waals surface area contributed by atoms with E-state index in [4.69, 9.17) is 5.73 Å². The number of hydrogen-bond acceptors (Lipinski definition) is 2. The van der Waals surface area contributed by atoms with E-state index in [0.717, 1.165) is 18.4 Å². The fraction of sp³-hybridized carbons (Fsp3) is 0.667. The molecule has 0 bridgehead atoms. The van der Waals surface area contributed by atoms with Crippen LogP contribution in [0.2, 0.25) is 0 Å². The van der Waals surface area contributed by atoms with E-state index in [1.807, 2.05) is 0 Å². The SMILES string of the molecule is CC1CCC(N2CCC(CCN)CC2)c2ccccc21. The molecule has 2 N–H and O–H groups in total. The van der Waals surface area contributed by atoms with Crippen LogP contribution in [0.3, 0.4) is 0 Å². The summed E-state index contributed by atoms with van der Waals surface area (Å²) in [6.45, 7) is 5.76. The van der Waals surface area contributed by atoms with Crippen molar-refractivity contribution < 1.29 is 0 Å². The van der Waals surface area contributed by atoms with Gasteiger partial charge in [-0.05, 0) is 74.7 Å². The number of rotatable bonds is 3. The molecule has 2 aliphatic rings. The van der Waals surface area contributed by atoms with Crippen LogP contribution in [0, 0.1) is 5.92 Å². The van der Waals surface area contributed by atoms with Gasteiger partial charge in [0.25, 0.3) is 0 Å². The number of likely N-dealkylation sites (tertiary alicyclic amines) is 1. The zero-order valence-corrected chi connectivity index (χ0v) is 12.7. The van der Waals surface area contributed by atoms with Crippen molar-refractivity contribution in [3.8, 4) is 0 Å². The number of nitrogens with zero attached hydrogens (tertiary/aromatic N) is 1. The van der Waals surface area contributed by atoms with Crippen molar-refractivity contribution in [3.05, 3.63) is 35.4 Å². The lowest BCUT2D eigenvalue weighted by Gasteiger charge is -2.41. The molecule has 110 valence electrons. The summed E-state index contributed by atoms with van der Waals surface area (Å²) >= 11 is 0. The second-order valence-corrected chi connectivity index (χ2v) is 6.68. The van der Waals surface area contributed by atoms with Gasteiger partial charge >= 0.3 is 0 Å². The Balaban J connectivity index is 1.71. The average molecular weight is 272 g/mol. The second kappa shape index (κ2) is 6.28. The van der Waals surface area contributed by atoms with Crippen LogP contribution in [0.1, 0.15) is 62.1 Å². The van der Waals surface area contributed by atoms with Crippen LogP contribution in [-0.2, 0) is 0 Å². The van der Waals surface area contributed by atoms with Crippen LogP contribution < -0.4 is 5.73 Å². The summed E-state index contributed by atoms with van der Waals surface area (Å²) in [5.74, 6) is 1.60. The predicted octanol–water partition coefficient (Wildman–Crippen LogP) is 3.69. The molecule has 1 heterocycles. The Morgan fingerprint density at radius 1 is 1.05 bits per heavy atom. The maximum Gasteiger partial charge on any atom is 0.0351 e. The molecule has 1 aliphatic heterocycles. The maximum atomic E-state index is 5.70. The Labute approximate surface area is 123 Å². The van der Waals surface area contributed by atoms with E-state index in [9.17, 15) is 0 Å². The van der Waals surface area contributed by atoms with Gasteiger partial charge < -0.3 is 5.73 Å². The third-order valence-electron chi connectivity index (χ3n) is 5.42. The average Bonchev–Trinajstić information content (AvgIpc) is 2.49. The van der Waals surface area contributed by atoms with Gasteiger partial charge in [0.1, 0.15) is 0 Å². The summed E-state index contributed by atoms with van der Waals surface area (Å²) in [6, 6.07) is 9.78. The summed E-state index contributed by atoms with van der Waals surface area (Å²) < 4.78 is 0. The fourth-order valence-electron chi connectivity index (χ4n) is 4.15. The molecule has 0 spiro atoms. The molecule has 2 heteroatoms. The largest absolute Gasteiger partial charge is 0.330 e. The monoisotopic (exact) mass is 272 g/mol. The highest BCUT2D eigenvalue weighted by molar-refractivity contribution is 5.35. The molecule has 0 amide bonds. The first kappa shape index (κ1) is 14.1. The lowest BCUT2D eigenvalue weighted by atomic mass is 9.79. The van der Waals surface area contributed by atoms with E-state index in [1.165, 1.54) is 45.2 Å². The first-order chi connectivity index (χ1) is 9.79. The number of fused-ring (bicyclic) bond motifs is 1. The maximum absolute atomic E-state index is 5.70. The Bertz CT molecular complexity index is 435. The van der Waals surface area contributed by atoms with E-state index in [1.54, 1.807) is 11.1 Å². The Hall–Kier alpha value is -0.860. The predicted molar refractivity (Wildman–Crippen MR) is 84.8 cm³/mol. The Kier molecular flexibility index (Phi) is 4.42. The van der Waals surface area contributed by atoms with Crippen molar-refractivity contribution in [2.24, 2.45) is 11.7 Å². The minimum Gasteiger partial charge on any atom is -0.330 e. The molecule has 2 atom stereocenters. The Morgan fingerprint density at radius 2 is 1.75 bits per heavy atom. The van der Waals surface area contributed by atoms with Gasteiger partial charge in [-0.3, -0.25) is 4.90 Å². The highest BCUT2D eigenvalue weighted by Crippen LogP contribution is 2.41. The lowest BCUT2D eigenvalue weighted by molar-refractivity contribution is 0.116. The van der Waals surface area contributed by atoms with Gasteiger partial charge in [-0.15, -0.1) is 0 Å². The normalized spacial score (nSPS) is 28.3. The highest BCUT2D eigenvalue weighted by atomic mass is 15.2. The van der Waals surface area contributed by atoms with Crippen LogP contribution in [0.5, 0.6) is 0 Å². The molecule has 1 aromatic rings. The standard InChI is InChI=1S/C18H28N2/c1-14-6-7-18(17-5-3-2-4-16(14)17)20-12-9-15(8-11-19)10-13-20/h2-5,14-15,18H,6-13,19H2,1H3. The van der Waals surface area contributed by atoms with E-state index in [0.29, 0.717) is 6.04 Å². The van der Waals surface area contributed by atoms with Crippen LogP contribution in [0.15, 0.2) is 24.3 Å². The van der Waals surface area contributed by atoms with Crippen molar-refractivity contribution >= 4 is 0 Å². The van der Waals surface area contributed by atoms with Crippen molar-refractivity contribution in [2.75, 3.05) is 19.6 Å². The molecule has 2 nitrogen and oxygen atoms in total. The molecule has 1 fully saturated rings. The van der Waals surface area contributed by atoms with Gasteiger partial charge in [-0.25, -0.2) is 0 Å². The van der Waals surface area contributed by atoms with E-state index >= 15 is 0 Å². The molecule has 0 aromatic heterocycles. The summed E-state index contributed by atoms with van der Waals surface area (Å²) in [5.41, 5.74) is 8.89. The van der Waals surface area contributed by atoms with Crippen LogP contribution >= 0.6 is 0 Å². The van der Waals surface area contributed by atoms with Gasteiger partial charge in [0.2, 0.25) is 0 Å². The lowest BCUT2D eigenvalue weighted by Crippen LogP contribution is -2.38. The minimum absolute atomic E-state index is 0.668. The molecule has 20 heavy (non-hydrogen) atoms. The quantitative estimate of drug-likeness (QED) is 0.909. The third kappa shape index (κ3) is 2.77. The van der Waals surface area contributed by atoms with Crippen LogP contribution in [0.25, 0.3) is 0 Å². The van der Waals surface area contributed by atoms with Crippen molar-refractivity contribution in [1.82, 2.24) is 4.90 Å². The topological polar surface area (TPSA) is 29.3 Å². The highest BCUT2D eigenvalue weighted by Gasteiger charge is 2.30. The van der Waals surface area contributed by atoms with Gasteiger partial charge in [-0.2, -0.15) is 0 Å². The summed E-state index contributed by atoms with van der Waals surface area (Å²) in [4.78, 5) is 2.73. The zero-order chi connectivity index (χ0) is 13.9. The Morgan fingerprint density at radius 3 is 2.45 bits per heavy atom. The number of hydrogen-bond donors (Lipinski definition) is 1. The molecule has 0 saturated carbocycles. The zero-order valence-electron chi connectivity index (χ0n) is 12.7. The summed E-state index contributed by atoms with van der Waals surface area (Å²) in [7, 11) is 0. The molecule has 1 aromatic carbocycles. The van der Waals surface area contributed by atoms with Gasteiger partial charge in [0.15, 0.2) is 0 Å². The number of nitrogens with two attached hydrogens (primary N) is 1. The van der Waals surface area contributed by atoms with Crippen molar-refractivity contribution in [2.45, 2.75) is 51.0 Å². The van der Waals surface area contributed by atoms with Crippen LogP contribution in [0.4, 0.5) is 0 Å². The van der Waals surface area contributed by atoms with Crippen molar-refractivity contribution in [3.63, 3.8) is 0 Å². The van der Waals surface area contributed by atoms with Gasteiger partial charge in [0, 0.05) is 6.04 Å². The van der Waals surface area contributed by atoms with E-state index in [2.05, 4.69) is 36.1 Å². The molecule has 1 saturated heterocycles. The smallest absolute Gasteiger partial charge is 0.0351 e. The molecule has 1 aliphatic carbocycles. The van der Waals surface area contributed by atoms with Crippen LogP contribution in [-0.4, -0.2) is 24.5 Å². The molecule has 0 radical (unpaired) electrons. The molecular formula is C18H28N2. The number of benzene rings is 1. The minimum atomic E-state index is 0.668. The fourth-order valence-corrected chi connectivity index (χ4v) is 4.15.